The maximum Gasteiger partial charge on any atom is 0.00999 e. The molecule has 0 saturated carbocycles. The molecule has 1 rings (SSSR count). The molecular weight excluding hydrogens is 174 g/mol. The molecule has 0 atom stereocenters. The van der Waals surface area contributed by atoms with Crippen molar-refractivity contribution in [3.05, 3.63) is 0 Å². The lowest BCUT2D eigenvalue weighted by molar-refractivity contribution is 0.239. The van der Waals surface area contributed by atoms with Crippen molar-refractivity contribution in [2.45, 2.75) is 26.7 Å². The van der Waals surface area contributed by atoms with E-state index in [1.165, 1.54) is 25.9 Å². The van der Waals surface area contributed by atoms with Gasteiger partial charge in [-0.15, -0.1) is 0 Å². The summed E-state index contributed by atoms with van der Waals surface area (Å²) in [6, 6.07) is 0. The van der Waals surface area contributed by atoms with Crippen molar-refractivity contribution in [3.63, 3.8) is 0 Å². The van der Waals surface area contributed by atoms with Crippen LogP contribution >= 0.6 is 22.6 Å². The highest BCUT2D eigenvalue weighted by molar-refractivity contribution is 8.67. The van der Waals surface area contributed by atoms with Gasteiger partial charge in [0.25, 0.3) is 0 Å². The molecule has 3 heteroatoms. The van der Waals surface area contributed by atoms with Crippen molar-refractivity contribution in [1.29, 1.82) is 0 Å². The summed E-state index contributed by atoms with van der Waals surface area (Å²) in [6.07, 6.45) is 2.70. The minimum atomic E-state index is 0.863. The van der Waals surface area contributed by atoms with Gasteiger partial charge in [-0.1, -0.05) is 25.5 Å². The van der Waals surface area contributed by atoms with Gasteiger partial charge in [0.2, 0.25) is 0 Å². The normalized spacial score (nSPS) is 22.9. The van der Waals surface area contributed by atoms with E-state index in [-0.39, 0.29) is 0 Å². The van der Waals surface area contributed by atoms with Crippen molar-refractivity contribution in [2.75, 3.05) is 13.1 Å². The summed E-state index contributed by atoms with van der Waals surface area (Å²) in [5.74, 6) is 1.81. The van der Waals surface area contributed by atoms with Gasteiger partial charge >= 0.3 is 0 Å². The third kappa shape index (κ3) is 2.88. The van der Waals surface area contributed by atoms with Gasteiger partial charge < -0.3 is 0 Å². The lowest BCUT2D eigenvalue weighted by Crippen LogP contribution is -2.29. The van der Waals surface area contributed by atoms with E-state index in [1.807, 2.05) is 0 Å². The van der Waals surface area contributed by atoms with Crippen LogP contribution in [-0.4, -0.2) is 17.4 Å². The van der Waals surface area contributed by atoms with Crippen LogP contribution in [0.15, 0.2) is 0 Å². The number of piperidine rings is 1. The third-order valence-electron chi connectivity index (χ3n) is 2.56. The number of hydrogen-bond acceptors (Lipinski definition) is 3. The molecule has 0 bridgehead atoms. The van der Waals surface area contributed by atoms with Crippen LogP contribution in [0.4, 0.5) is 0 Å². The Morgan fingerprint density at radius 1 is 1.36 bits per heavy atom. The summed E-state index contributed by atoms with van der Waals surface area (Å²) in [4.78, 5) is 0. The SMILES string of the molecule is CC(C)C1CCN(SS)CC1. The van der Waals surface area contributed by atoms with E-state index in [0.717, 1.165) is 11.8 Å². The Labute approximate surface area is 78.9 Å². The first-order valence-electron chi connectivity index (χ1n) is 4.30. The van der Waals surface area contributed by atoms with Crippen molar-refractivity contribution < 1.29 is 0 Å². The minimum Gasteiger partial charge on any atom is -0.241 e. The fraction of sp³-hybridized carbons (Fsp3) is 1.00. The lowest BCUT2D eigenvalue weighted by Gasteiger charge is -2.31. The molecule has 1 heterocycles. The van der Waals surface area contributed by atoms with Crippen molar-refractivity contribution in [1.82, 2.24) is 4.31 Å². The summed E-state index contributed by atoms with van der Waals surface area (Å²) in [7, 11) is 1.59. The predicted molar refractivity (Wildman–Crippen MR) is 55.7 cm³/mol. The molecule has 0 aromatic carbocycles. The minimum absolute atomic E-state index is 0.863. The van der Waals surface area contributed by atoms with E-state index in [9.17, 15) is 0 Å². The van der Waals surface area contributed by atoms with Crippen LogP contribution < -0.4 is 0 Å². The Morgan fingerprint density at radius 2 is 1.91 bits per heavy atom. The first kappa shape index (κ1) is 9.75. The molecule has 11 heavy (non-hydrogen) atoms. The quantitative estimate of drug-likeness (QED) is 0.406. The third-order valence-corrected chi connectivity index (χ3v) is 3.85. The standard InChI is InChI=1S/C8H17NS2/c1-7(2)8-3-5-9(11-10)6-4-8/h7-8,10H,3-6H2,1-2H3. The average molecular weight is 191 g/mol. The Hall–Kier alpha value is 0.660. The van der Waals surface area contributed by atoms with E-state index in [1.54, 1.807) is 11.0 Å². The van der Waals surface area contributed by atoms with Crippen LogP contribution in [0.1, 0.15) is 26.7 Å². The van der Waals surface area contributed by atoms with Crippen LogP contribution in [0.2, 0.25) is 0 Å². The fourth-order valence-electron chi connectivity index (χ4n) is 1.62. The molecule has 1 nitrogen and oxygen atoms in total. The molecule has 0 N–H and O–H groups in total. The van der Waals surface area contributed by atoms with Crippen LogP contribution in [0.5, 0.6) is 0 Å². The molecule has 0 aromatic rings. The molecule has 0 radical (unpaired) electrons. The van der Waals surface area contributed by atoms with Gasteiger partial charge in [-0.2, -0.15) is 0 Å². The zero-order valence-electron chi connectivity index (χ0n) is 7.29. The number of rotatable bonds is 2. The van der Waals surface area contributed by atoms with Gasteiger partial charge in [0, 0.05) is 13.1 Å². The van der Waals surface area contributed by atoms with Crippen molar-refractivity contribution in [2.24, 2.45) is 11.8 Å². The zero-order chi connectivity index (χ0) is 8.27. The molecule has 1 aliphatic heterocycles. The summed E-state index contributed by atoms with van der Waals surface area (Å²) in [6.45, 7) is 7.09. The number of hydrogen-bond donors (Lipinski definition) is 1. The van der Waals surface area contributed by atoms with Gasteiger partial charge in [0.05, 0.1) is 0 Å². The van der Waals surface area contributed by atoms with E-state index >= 15 is 0 Å². The van der Waals surface area contributed by atoms with E-state index in [0.29, 0.717) is 0 Å². The molecule has 0 aliphatic carbocycles. The number of thiol groups is 1. The van der Waals surface area contributed by atoms with Gasteiger partial charge in [-0.25, -0.2) is 4.31 Å². The lowest BCUT2D eigenvalue weighted by atomic mass is 9.87. The van der Waals surface area contributed by atoms with E-state index in [4.69, 9.17) is 0 Å². The second-order valence-electron chi connectivity index (χ2n) is 3.59. The summed E-state index contributed by atoms with van der Waals surface area (Å²) in [5, 5.41) is 0. The van der Waals surface area contributed by atoms with Crippen LogP contribution in [0.25, 0.3) is 0 Å². The molecule has 1 aliphatic rings. The Bertz CT molecular complexity index is 109. The highest BCUT2D eigenvalue weighted by Gasteiger charge is 2.20. The van der Waals surface area contributed by atoms with Gasteiger partial charge in [0.15, 0.2) is 0 Å². The molecule has 0 unspecified atom stereocenters. The Morgan fingerprint density at radius 3 is 2.27 bits per heavy atom. The predicted octanol–water partition coefficient (Wildman–Crippen LogP) is 2.85. The first-order valence-corrected chi connectivity index (χ1v) is 6.13. The number of nitrogens with zero attached hydrogens (tertiary/aromatic N) is 1. The zero-order valence-corrected chi connectivity index (χ0v) is 9.00. The Balaban J connectivity index is 2.24. The molecule has 66 valence electrons. The van der Waals surface area contributed by atoms with Gasteiger partial charge in [-0.05, 0) is 35.7 Å². The van der Waals surface area contributed by atoms with E-state index in [2.05, 4.69) is 29.8 Å². The largest absolute Gasteiger partial charge is 0.241 e. The maximum atomic E-state index is 4.19. The van der Waals surface area contributed by atoms with Crippen LogP contribution in [0, 0.1) is 11.8 Å². The maximum absolute atomic E-state index is 4.19. The van der Waals surface area contributed by atoms with Crippen LogP contribution in [-0.2, 0) is 0 Å². The van der Waals surface area contributed by atoms with Gasteiger partial charge in [-0.3, -0.25) is 0 Å². The highest BCUT2D eigenvalue weighted by Crippen LogP contribution is 2.28. The van der Waals surface area contributed by atoms with Crippen molar-refractivity contribution >= 4 is 22.6 Å². The molecular formula is C8H17NS2. The molecule has 0 spiro atoms. The smallest absolute Gasteiger partial charge is 0.00999 e. The summed E-state index contributed by atoms with van der Waals surface area (Å²) >= 11 is 4.19. The van der Waals surface area contributed by atoms with E-state index < -0.39 is 0 Å². The molecule has 0 aromatic heterocycles. The molecule has 1 fully saturated rings. The van der Waals surface area contributed by atoms with Gasteiger partial charge in [0.1, 0.15) is 0 Å². The first-order chi connectivity index (χ1) is 5.24. The monoisotopic (exact) mass is 191 g/mol. The van der Waals surface area contributed by atoms with Crippen LogP contribution in [0.3, 0.4) is 0 Å². The molecule has 0 amide bonds. The summed E-state index contributed by atoms with van der Waals surface area (Å²) in [5.41, 5.74) is 0. The Kier molecular flexibility index (Phi) is 4.10. The fourth-order valence-corrected chi connectivity index (χ4v) is 2.49. The summed E-state index contributed by atoms with van der Waals surface area (Å²) < 4.78 is 2.34. The second-order valence-corrected chi connectivity index (χ2v) is 4.76. The topological polar surface area (TPSA) is 3.24 Å². The average Bonchev–Trinajstić information content (AvgIpc) is 2.05. The second kappa shape index (κ2) is 4.63. The van der Waals surface area contributed by atoms with Crippen molar-refractivity contribution in [3.8, 4) is 0 Å². The molecule has 1 saturated heterocycles. The highest BCUT2D eigenvalue weighted by atomic mass is 33.1.